The number of amides is 2. The SMILES string of the molecule is CC(=O)N[C@@H](Cc1c[nH]c2ccccc12)C(=O)OCC(=O)NC1CCCC(C)C1C. The number of aromatic nitrogens is 1. The fourth-order valence-corrected chi connectivity index (χ4v) is 4.23. The van der Waals surface area contributed by atoms with Gasteiger partial charge in [0.15, 0.2) is 6.61 Å². The van der Waals surface area contributed by atoms with Crippen molar-refractivity contribution in [1.82, 2.24) is 15.6 Å². The van der Waals surface area contributed by atoms with E-state index in [-0.39, 0.29) is 30.9 Å². The van der Waals surface area contributed by atoms with Gasteiger partial charge in [-0.25, -0.2) is 4.79 Å². The molecule has 1 aromatic heterocycles. The molecule has 30 heavy (non-hydrogen) atoms. The zero-order valence-corrected chi connectivity index (χ0v) is 17.9. The van der Waals surface area contributed by atoms with Crippen LogP contribution >= 0.6 is 0 Å². The highest BCUT2D eigenvalue weighted by Gasteiger charge is 2.29. The zero-order chi connectivity index (χ0) is 21.7. The second-order valence-corrected chi connectivity index (χ2v) is 8.37. The molecule has 0 aliphatic heterocycles. The molecule has 1 fully saturated rings. The second kappa shape index (κ2) is 9.78. The van der Waals surface area contributed by atoms with Gasteiger partial charge in [0.05, 0.1) is 0 Å². The van der Waals surface area contributed by atoms with Gasteiger partial charge in [-0.15, -0.1) is 0 Å². The molecule has 1 aliphatic carbocycles. The quantitative estimate of drug-likeness (QED) is 0.608. The first-order valence-corrected chi connectivity index (χ1v) is 10.6. The van der Waals surface area contributed by atoms with Crippen LogP contribution in [0.1, 0.15) is 45.6 Å². The third-order valence-corrected chi connectivity index (χ3v) is 6.16. The van der Waals surface area contributed by atoms with Crippen LogP contribution < -0.4 is 10.6 Å². The van der Waals surface area contributed by atoms with Crippen LogP contribution in [0.5, 0.6) is 0 Å². The maximum absolute atomic E-state index is 12.6. The molecule has 0 radical (unpaired) electrons. The summed E-state index contributed by atoms with van der Waals surface area (Å²) in [5.41, 5.74) is 1.86. The van der Waals surface area contributed by atoms with E-state index in [1.165, 1.54) is 13.3 Å². The highest BCUT2D eigenvalue weighted by Crippen LogP contribution is 2.29. The summed E-state index contributed by atoms with van der Waals surface area (Å²) in [7, 11) is 0. The van der Waals surface area contributed by atoms with Gasteiger partial charge in [0, 0.05) is 36.5 Å². The predicted molar refractivity (Wildman–Crippen MR) is 115 cm³/mol. The first kappa shape index (κ1) is 21.9. The number of rotatable bonds is 7. The summed E-state index contributed by atoms with van der Waals surface area (Å²) in [6, 6.07) is 7.00. The van der Waals surface area contributed by atoms with E-state index in [0.717, 1.165) is 29.3 Å². The van der Waals surface area contributed by atoms with Gasteiger partial charge in [0.2, 0.25) is 5.91 Å². The summed E-state index contributed by atoms with van der Waals surface area (Å²) in [5, 5.41) is 6.62. The molecule has 1 heterocycles. The lowest BCUT2D eigenvalue weighted by atomic mass is 9.78. The van der Waals surface area contributed by atoms with Crippen molar-refractivity contribution in [2.45, 2.75) is 58.5 Å². The van der Waals surface area contributed by atoms with Crippen LogP contribution in [0.4, 0.5) is 0 Å². The van der Waals surface area contributed by atoms with Crippen LogP contribution in [0.2, 0.25) is 0 Å². The summed E-state index contributed by atoms with van der Waals surface area (Å²) >= 11 is 0. The molecular formula is C23H31N3O4. The highest BCUT2D eigenvalue weighted by atomic mass is 16.5. The molecule has 0 saturated heterocycles. The van der Waals surface area contributed by atoms with Crippen molar-refractivity contribution in [3.8, 4) is 0 Å². The number of H-pyrrole nitrogens is 1. The number of nitrogens with one attached hydrogen (secondary N) is 3. The third kappa shape index (κ3) is 5.40. The summed E-state index contributed by atoms with van der Waals surface area (Å²) in [6.07, 6.45) is 5.31. The molecular weight excluding hydrogens is 382 g/mol. The Morgan fingerprint density at radius 1 is 1.20 bits per heavy atom. The smallest absolute Gasteiger partial charge is 0.329 e. The first-order chi connectivity index (χ1) is 14.3. The molecule has 0 spiro atoms. The average molecular weight is 414 g/mol. The Bertz CT molecular complexity index is 907. The van der Waals surface area contributed by atoms with Crippen LogP contribution in [0.25, 0.3) is 10.9 Å². The number of hydrogen-bond donors (Lipinski definition) is 3. The number of fused-ring (bicyclic) bond motifs is 1. The molecule has 2 aromatic rings. The number of carbonyl (C=O) groups excluding carboxylic acids is 3. The number of esters is 1. The monoisotopic (exact) mass is 413 g/mol. The van der Waals surface area contributed by atoms with E-state index >= 15 is 0 Å². The summed E-state index contributed by atoms with van der Waals surface area (Å²) in [4.78, 5) is 39.7. The summed E-state index contributed by atoms with van der Waals surface area (Å²) < 4.78 is 5.26. The molecule has 7 nitrogen and oxygen atoms in total. The van der Waals surface area contributed by atoms with E-state index in [4.69, 9.17) is 4.74 Å². The van der Waals surface area contributed by atoms with E-state index in [2.05, 4.69) is 29.5 Å². The second-order valence-electron chi connectivity index (χ2n) is 8.37. The Morgan fingerprint density at radius 3 is 2.73 bits per heavy atom. The minimum absolute atomic E-state index is 0.109. The van der Waals surface area contributed by atoms with E-state index < -0.39 is 12.0 Å². The van der Waals surface area contributed by atoms with Crippen LogP contribution in [0.15, 0.2) is 30.5 Å². The maximum Gasteiger partial charge on any atom is 0.329 e. The van der Waals surface area contributed by atoms with E-state index in [1.807, 2.05) is 30.5 Å². The molecule has 7 heteroatoms. The minimum Gasteiger partial charge on any atom is -0.454 e. The predicted octanol–water partition coefficient (Wildman–Crippen LogP) is 2.70. The molecule has 3 rings (SSSR count). The topological polar surface area (TPSA) is 100 Å². The van der Waals surface area contributed by atoms with Crippen LogP contribution in [-0.4, -0.2) is 41.5 Å². The largest absolute Gasteiger partial charge is 0.454 e. The number of hydrogen-bond acceptors (Lipinski definition) is 4. The highest BCUT2D eigenvalue weighted by molar-refractivity contribution is 5.88. The molecule has 2 amide bonds. The van der Waals surface area contributed by atoms with Crippen LogP contribution in [-0.2, 0) is 25.5 Å². The normalized spacial score (nSPS) is 22.3. The van der Waals surface area contributed by atoms with Crippen LogP contribution in [0.3, 0.4) is 0 Å². The number of aromatic amines is 1. The summed E-state index contributed by atoms with van der Waals surface area (Å²) in [5.74, 6) is -0.288. The number of carbonyl (C=O) groups is 3. The lowest BCUT2D eigenvalue weighted by Gasteiger charge is -2.34. The molecule has 1 saturated carbocycles. The molecule has 162 valence electrons. The maximum atomic E-state index is 12.6. The van der Waals surface area contributed by atoms with Crippen molar-refractivity contribution >= 4 is 28.7 Å². The molecule has 1 aromatic carbocycles. The van der Waals surface area contributed by atoms with Gasteiger partial charge >= 0.3 is 5.97 Å². The van der Waals surface area contributed by atoms with Crippen molar-refractivity contribution in [1.29, 1.82) is 0 Å². The third-order valence-electron chi connectivity index (χ3n) is 6.16. The Kier molecular flexibility index (Phi) is 7.13. The van der Waals surface area contributed by atoms with E-state index in [0.29, 0.717) is 11.8 Å². The van der Waals surface area contributed by atoms with Crippen LogP contribution in [0, 0.1) is 11.8 Å². The van der Waals surface area contributed by atoms with E-state index in [1.54, 1.807) is 0 Å². The van der Waals surface area contributed by atoms with Gasteiger partial charge in [-0.2, -0.15) is 0 Å². The molecule has 0 bridgehead atoms. The average Bonchev–Trinajstić information content (AvgIpc) is 3.12. The van der Waals surface area contributed by atoms with Crippen molar-refractivity contribution in [3.63, 3.8) is 0 Å². The van der Waals surface area contributed by atoms with Crippen molar-refractivity contribution in [3.05, 3.63) is 36.0 Å². The molecule has 1 aliphatic rings. The molecule has 3 N–H and O–H groups in total. The Labute approximate surface area is 176 Å². The Hall–Kier alpha value is -2.83. The Morgan fingerprint density at radius 2 is 1.97 bits per heavy atom. The van der Waals surface area contributed by atoms with Gasteiger partial charge in [-0.1, -0.05) is 44.9 Å². The zero-order valence-electron chi connectivity index (χ0n) is 17.9. The fourth-order valence-electron chi connectivity index (χ4n) is 4.23. The summed E-state index contributed by atoms with van der Waals surface area (Å²) in [6.45, 7) is 5.36. The standard InChI is InChI=1S/C23H31N3O4/c1-14-7-6-10-19(15(14)2)26-22(28)13-30-23(29)21(25-16(3)27)11-17-12-24-20-9-5-4-8-18(17)20/h4-5,8-9,12,14-15,19,21,24H,6-7,10-11,13H2,1-3H3,(H,25,27)(H,26,28)/t14?,15?,19?,21-/m0/s1. The Balaban J connectivity index is 1.58. The van der Waals surface area contributed by atoms with Crippen molar-refractivity contribution < 1.29 is 19.1 Å². The van der Waals surface area contributed by atoms with E-state index in [9.17, 15) is 14.4 Å². The minimum atomic E-state index is -0.858. The van der Waals surface area contributed by atoms with Gasteiger partial charge in [0.1, 0.15) is 6.04 Å². The lowest BCUT2D eigenvalue weighted by Crippen LogP contribution is -2.46. The first-order valence-electron chi connectivity index (χ1n) is 10.6. The number of benzene rings is 1. The lowest BCUT2D eigenvalue weighted by molar-refractivity contribution is -0.151. The number of ether oxygens (including phenoxy) is 1. The number of para-hydroxylation sites is 1. The van der Waals surface area contributed by atoms with Gasteiger partial charge in [-0.05, 0) is 29.9 Å². The van der Waals surface area contributed by atoms with Crippen molar-refractivity contribution in [2.75, 3.05) is 6.61 Å². The molecule has 4 atom stereocenters. The molecule has 3 unspecified atom stereocenters. The van der Waals surface area contributed by atoms with Crippen molar-refractivity contribution in [2.24, 2.45) is 11.8 Å². The van der Waals surface area contributed by atoms with Gasteiger partial charge in [0.25, 0.3) is 5.91 Å². The van der Waals surface area contributed by atoms with Gasteiger partial charge in [-0.3, -0.25) is 9.59 Å². The fraction of sp³-hybridized carbons (Fsp3) is 0.522. The van der Waals surface area contributed by atoms with Gasteiger partial charge < -0.3 is 20.4 Å².